The topological polar surface area (TPSA) is 12.0 Å². The van der Waals surface area contributed by atoms with Crippen LogP contribution in [0.3, 0.4) is 0 Å². The molecule has 1 N–H and O–H groups in total. The predicted octanol–water partition coefficient (Wildman–Crippen LogP) is 4.40. The fourth-order valence-corrected chi connectivity index (χ4v) is 2.92. The van der Waals surface area contributed by atoms with Crippen LogP contribution in [-0.4, -0.2) is 18.6 Å². The van der Waals surface area contributed by atoms with E-state index in [1.807, 2.05) is 37.0 Å². The molecule has 90 valence electrons. The fraction of sp³-hybridized carbons (Fsp3) is 0.500. The Bertz CT molecular complexity index is 331. The Morgan fingerprint density at radius 3 is 2.75 bits per heavy atom. The number of hydrogen-bond donors (Lipinski definition) is 1. The molecule has 0 radical (unpaired) electrons. The summed E-state index contributed by atoms with van der Waals surface area (Å²) in [7, 11) is 1.95. The van der Waals surface area contributed by atoms with Gasteiger partial charge in [-0.15, -0.1) is 0 Å². The molecule has 1 aromatic rings. The van der Waals surface area contributed by atoms with Crippen molar-refractivity contribution in [3.63, 3.8) is 0 Å². The first-order chi connectivity index (χ1) is 7.69. The largest absolute Gasteiger partial charge is 0.312 e. The summed E-state index contributed by atoms with van der Waals surface area (Å²) in [5.74, 6) is 2.20. The van der Waals surface area contributed by atoms with Crippen molar-refractivity contribution in [2.45, 2.75) is 19.4 Å². The highest BCUT2D eigenvalue weighted by Crippen LogP contribution is 2.28. The van der Waals surface area contributed by atoms with Gasteiger partial charge in [-0.1, -0.05) is 30.1 Å². The molecule has 16 heavy (non-hydrogen) atoms. The van der Waals surface area contributed by atoms with Crippen LogP contribution < -0.4 is 5.32 Å². The maximum Gasteiger partial charge on any atom is 0.0455 e. The predicted molar refractivity (Wildman–Crippen MR) is 75.9 cm³/mol. The van der Waals surface area contributed by atoms with Gasteiger partial charge in [-0.2, -0.15) is 11.8 Å². The Morgan fingerprint density at radius 2 is 2.12 bits per heavy atom. The first-order valence-electron chi connectivity index (χ1n) is 5.39. The maximum absolute atomic E-state index is 6.17. The van der Waals surface area contributed by atoms with Gasteiger partial charge in [-0.25, -0.2) is 0 Å². The van der Waals surface area contributed by atoms with E-state index in [-0.39, 0.29) is 6.04 Å². The van der Waals surface area contributed by atoms with Crippen molar-refractivity contribution in [2.24, 2.45) is 0 Å². The molecule has 0 aliphatic heterocycles. The number of rotatable bonds is 6. The molecule has 0 aromatic heterocycles. The second kappa shape index (κ2) is 7.44. The standard InChI is InChI=1S/C12H17Cl2NS/c1-3-6-16-8-12(15-2)10-7-9(13)4-5-11(10)14/h4-5,7,12,15H,3,6,8H2,1-2H3. The zero-order chi connectivity index (χ0) is 12.0. The Labute approximate surface area is 112 Å². The number of halogens is 2. The molecule has 0 saturated carbocycles. The van der Waals surface area contributed by atoms with Gasteiger partial charge in [0.2, 0.25) is 0 Å². The van der Waals surface area contributed by atoms with Crippen LogP contribution in [0.25, 0.3) is 0 Å². The average molecular weight is 278 g/mol. The highest BCUT2D eigenvalue weighted by Gasteiger charge is 2.13. The second-order valence-electron chi connectivity index (χ2n) is 3.58. The van der Waals surface area contributed by atoms with Crippen LogP contribution in [0.15, 0.2) is 18.2 Å². The zero-order valence-corrected chi connectivity index (χ0v) is 11.9. The van der Waals surface area contributed by atoms with Crippen LogP contribution in [0.2, 0.25) is 10.0 Å². The molecular formula is C12H17Cl2NS. The molecule has 1 aromatic carbocycles. The first-order valence-corrected chi connectivity index (χ1v) is 7.30. The lowest BCUT2D eigenvalue weighted by atomic mass is 10.1. The van der Waals surface area contributed by atoms with Gasteiger partial charge >= 0.3 is 0 Å². The van der Waals surface area contributed by atoms with Gasteiger partial charge in [0.05, 0.1) is 0 Å². The normalized spacial score (nSPS) is 12.8. The number of nitrogens with one attached hydrogen (secondary N) is 1. The van der Waals surface area contributed by atoms with Crippen molar-refractivity contribution in [1.29, 1.82) is 0 Å². The molecule has 1 unspecified atom stereocenters. The van der Waals surface area contributed by atoms with Crippen LogP contribution in [0.4, 0.5) is 0 Å². The van der Waals surface area contributed by atoms with Crippen LogP contribution >= 0.6 is 35.0 Å². The highest BCUT2D eigenvalue weighted by atomic mass is 35.5. The average Bonchev–Trinajstić information content (AvgIpc) is 2.28. The van der Waals surface area contributed by atoms with Gasteiger partial charge in [0.15, 0.2) is 0 Å². The van der Waals surface area contributed by atoms with Crippen molar-refractivity contribution in [3.05, 3.63) is 33.8 Å². The van der Waals surface area contributed by atoms with Crippen LogP contribution in [0.5, 0.6) is 0 Å². The molecular weight excluding hydrogens is 261 g/mol. The molecule has 0 saturated heterocycles. The van der Waals surface area contributed by atoms with E-state index in [1.54, 1.807) is 0 Å². The third kappa shape index (κ3) is 4.17. The Balaban J connectivity index is 2.73. The summed E-state index contributed by atoms with van der Waals surface area (Å²) in [6, 6.07) is 5.88. The summed E-state index contributed by atoms with van der Waals surface area (Å²) < 4.78 is 0. The van der Waals surface area contributed by atoms with E-state index < -0.39 is 0 Å². The second-order valence-corrected chi connectivity index (χ2v) is 5.58. The van der Waals surface area contributed by atoms with Crippen molar-refractivity contribution < 1.29 is 0 Å². The van der Waals surface area contributed by atoms with E-state index in [4.69, 9.17) is 23.2 Å². The Morgan fingerprint density at radius 1 is 1.38 bits per heavy atom. The molecule has 1 atom stereocenters. The number of benzene rings is 1. The van der Waals surface area contributed by atoms with Crippen molar-refractivity contribution in [1.82, 2.24) is 5.32 Å². The van der Waals surface area contributed by atoms with E-state index in [9.17, 15) is 0 Å². The fourth-order valence-electron chi connectivity index (χ4n) is 1.46. The molecule has 1 rings (SSSR count). The molecule has 0 heterocycles. The number of thioether (sulfide) groups is 1. The third-order valence-electron chi connectivity index (χ3n) is 2.31. The lowest BCUT2D eigenvalue weighted by Crippen LogP contribution is -2.19. The Kier molecular flexibility index (Phi) is 6.59. The van der Waals surface area contributed by atoms with Gasteiger partial charge in [-0.3, -0.25) is 0 Å². The molecule has 0 aliphatic carbocycles. The van der Waals surface area contributed by atoms with E-state index in [1.165, 1.54) is 12.2 Å². The van der Waals surface area contributed by atoms with E-state index in [2.05, 4.69) is 12.2 Å². The molecule has 0 fully saturated rings. The van der Waals surface area contributed by atoms with Crippen LogP contribution in [0.1, 0.15) is 24.9 Å². The van der Waals surface area contributed by atoms with E-state index in [0.29, 0.717) is 0 Å². The molecule has 0 amide bonds. The summed E-state index contributed by atoms with van der Waals surface area (Å²) in [6.45, 7) is 2.19. The smallest absolute Gasteiger partial charge is 0.0455 e. The van der Waals surface area contributed by atoms with Gasteiger partial charge in [0.25, 0.3) is 0 Å². The lowest BCUT2D eigenvalue weighted by molar-refractivity contribution is 0.662. The van der Waals surface area contributed by atoms with E-state index >= 15 is 0 Å². The van der Waals surface area contributed by atoms with Crippen LogP contribution in [-0.2, 0) is 0 Å². The van der Waals surface area contributed by atoms with Gasteiger partial charge in [0.1, 0.15) is 0 Å². The molecule has 0 spiro atoms. The van der Waals surface area contributed by atoms with Gasteiger partial charge < -0.3 is 5.32 Å². The third-order valence-corrected chi connectivity index (χ3v) is 4.16. The summed E-state index contributed by atoms with van der Waals surface area (Å²) in [6.07, 6.45) is 1.20. The molecule has 4 heteroatoms. The van der Waals surface area contributed by atoms with Gasteiger partial charge in [-0.05, 0) is 43.0 Å². The first kappa shape index (κ1) is 14.2. The molecule has 0 aliphatic rings. The summed E-state index contributed by atoms with van der Waals surface area (Å²) in [4.78, 5) is 0. The minimum absolute atomic E-state index is 0.266. The minimum atomic E-state index is 0.266. The quantitative estimate of drug-likeness (QED) is 0.774. The highest BCUT2D eigenvalue weighted by molar-refractivity contribution is 7.99. The van der Waals surface area contributed by atoms with Gasteiger partial charge in [0, 0.05) is 21.8 Å². The minimum Gasteiger partial charge on any atom is -0.312 e. The molecule has 0 bridgehead atoms. The SMILES string of the molecule is CCCSCC(NC)c1cc(Cl)ccc1Cl. The zero-order valence-electron chi connectivity index (χ0n) is 9.59. The van der Waals surface area contributed by atoms with E-state index in [0.717, 1.165) is 21.4 Å². The summed E-state index contributed by atoms with van der Waals surface area (Å²) in [5.41, 5.74) is 1.08. The summed E-state index contributed by atoms with van der Waals surface area (Å²) >= 11 is 14.1. The lowest BCUT2D eigenvalue weighted by Gasteiger charge is -2.17. The monoisotopic (exact) mass is 277 g/mol. The Hall–Kier alpha value is 0.110. The molecule has 1 nitrogen and oxygen atoms in total. The number of hydrogen-bond acceptors (Lipinski definition) is 2. The van der Waals surface area contributed by atoms with Crippen LogP contribution in [0, 0.1) is 0 Å². The van der Waals surface area contributed by atoms with Crippen molar-refractivity contribution in [3.8, 4) is 0 Å². The van der Waals surface area contributed by atoms with Crippen molar-refractivity contribution >= 4 is 35.0 Å². The van der Waals surface area contributed by atoms with Crippen molar-refractivity contribution in [2.75, 3.05) is 18.6 Å². The maximum atomic E-state index is 6.17. The summed E-state index contributed by atoms with van der Waals surface area (Å²) in [5, 5.41) is 4.80.